The van der Waals surface area contributed by atoms with Crippen molar-refractivity contribution in [3.8, 4) is 0 Å². The summed E-state index contributed by atoms with van der Waals surface area (Å²) in [7, 11) is 0. The van der Waals surface area contributed by atoms with Gasteiger partial charge in [-0.2, -0.15) is 13.2 Å². The van der Waals surface area contributed by atoms with Crippen LogP contribution in [0.2, 0.25) is 0 Å². The third kappa shape index (κ3) is 1.92. The maximum absolute atomic E-state index is 12.9. The van der Waals surface area contributed by atoms with E-state index in [0.29, 0.717) is 21.9 Å². The topological polar surface area (TPSA) is 22.0 Å². The minimum absolute atomic E-state index is 0.281. The summed E-state index contributed by atoms with van der Waals surface area (Å²) in [5, 5.41) is 1.31. The van der Waals surface area contributed by atoms with Gasteiger partial charge < -0.3 is 0 Å². The summed E-state index contributed by atoms with van der Waals surface area (Å²) in [6, 6.07) is 10.3. The predicted octanol–water partition coefficient (Wildman–Crippen LogP) is 4.61. The standard InChI is InChI=1S/C16H12F3NO/c1-9-7-8-12-11-5-3-4-6-13(11)20(14(12)10(9)2)15(21)16(17,18)19/h3-8H,1-2H3. The van der Waals surface area contributed by atoms with Crippen LogP contribution in [0.25, 0.3) is 21.8 Å². The van der Waals surface area contributed by atoms with Gasteiger partial charge in [0.1, 0.15) is 0 Å². The third-order valence-corrected chi connectivity index (χ3v) is 3.81. The number of para-hydroxylation sites is 1. The van der Waals surface area contributed by atoms with Crippen molar-refractivity contribution in [1.82, 2.24) is 4.57 Å². The Morgan fingerprint density at radius 3 is 2.33 bits per heavy atom. The Kier molecular flexibility index (Phi) is 2.83. The molecule has 3 aromatic rings. The van der Waals surface area contributed by atoms with Crippen molar-refractivity contribution in [3.63, 3.8) is 0 Å². The van der Waals surface area contributed by atoms with Crippen LogP contribution >= 0.6 is 0 Å². The van der Waals surface area contributed by atoms with Gasteiger partial charge in [-0.15, -0.1) is 0 Å². The highest BCUT2D eigenvalue weighted by Gasteiger charge is 2.41. The van der Waals surface area contributed by atoms with Crippen molar-refractivity contribution in [3.05, 3.63) is 47.5 Å². The van der Waals surface area contributed by atoms with E-state index < -0.39 is 12.1 Å². The van der Waals surface area contributed by atoms with E-state index in [4.69, 9.17) is 0 Å². The molecular weight excluding hydrogens is 279 g/mol. The van der Waals surface area contributed by atoms with Crippen molar-refractivity contribution < 1.29 is 18.0 Å². The van der Waals surface area contributed by atoms with Crippen LogP contribution in [0, 0.1) is 13.8 Å². The van der Waals surface area contributed by atoms with Crippen LogP contribution in [0.3, 0.4) is 0 Å². The maximum atomic E-state index is 12.9. The number of hydrogen-bond acceptors (Lipinski definition) is 1. The molecule has 0 amide bonds. The molecule has 0 spiro atoms. The molecule has 0 fully saturated rings. The quantitative estimate of drug-likeness (QED) is 0.592. The Morgan fingerprint density at radius 1 is 1.00 bits per heavy atom. The van der Waals surface area contributed by atoms with Gasteiger partial charge in [0.15, 0.2) is 0 Å². The number of carbonyl (C=O) groups is 1. The van der Waals surface area contributed by atoms with E-state index in [1.807, 2.05) is 13.0 Å². The SMILES string of the molecule is Cc1ccc2c3ccccc3n(C(=O)C(F)(F)F)c2c1C. The molecule has 0 N–H and O–H groups in total. The van der Waals surface area contributed by atoms with Gasteiger partial charge >= 0.3 is 12.1 Å². The van der Waals surface area contributed by atoms with Crippen LogP contribution in [-0.2, 0) is 0 Å². The van der Waals surface area contributed by atoms with Gasteiger partial charge in [0.2, 0.25) is 0 Å². The average molecular weight is 291 g/mol. The Hall–Kier alpha value is -2.30. The largest absolute Gasteiger partial charge is 0.472 e. The van der Waals surface area contributed by atoms with Crippen LogP contribution in [0.4, 0.5) is 13.2 Å². The highest BCUT2D eigenvalue weighted by atomic mass is 19.4. The first kappa shape index (κ1) is 13.7. The Morgan fingerprint density at radius 2 is 1.67 bits per heavy atom. The van der Waals surface area contributed by atoms with Crippen LogP contribution in [-0.4, -0.2) is 16.7 Å². The summed E-state index contributed by atoms with van der Waals surface area (Å²) in [5.41, 5.74) is 2.14. The van der Waals surface area contributed by atoms with E-state index >= 15 is 0 Å². The number of hydrogen-bond donors (Lipinski definition) is 0. The summed E-state index contributed by atoms with van der Waals surface area (Å²) >= 11 is 0. The van der Waals surface area contributed by atoms with Crippen LogP contribution in [0.15, 0.2) is 36.4 Å². The highest BCUT2D eigenvalue weighted by molar-refractivity contribution is 6.15. The first-order valence-corrected chi connectivity index (χ1v) is 6.43. The fraction of sp³-hybridized carbons (Fsp3) is 0.188. The summed E-state index contributed by atoms with van der Waals surface area (Å²) in [4.78, 5) is 11.9. The van der Waals surface area contributed by atoms with Crippen molar-refractivity contribution >= 4 is 27.7 Å². The van der Waals surface area contributed by atoms with Gasteiger partial charge in [-0.1, -0.05) is 30.3 Å². The van der Waals surface area contributed by atoms with Crippen molar-refractivity contribution in [2.45, 2.75) is 20.0 Å². The number of rotatable bonds is 0. The number of benzene rings is 2. The summed E-state index contributed by atoms with van der Waals surface area (Å²) in [5.74, 6) is -1.86. The van der Waals surface area contributed by atoms with Crippen molar-refractivity contribution in [2.75, 3.05) is 0 Å². The molecule has 2 nitrogen and oxygen atoms in total. The van der Waals surface area contributed by atoms with E-state index in [1.54, 1.807) is 31.2 Å². The van der Waals surface area contributed by atoms with E-state index in [2.05, 4.69) is 0 Å². The fourth-order valence-electron chi connectivity index (χ4n) is 2.66. The van der Waals surface area contributed by atoms with Crippen LogP contribution in [0.5, 0.6) is 0 Å². The lowest BCUT2D eigenvalue weighted by molar-refractivity contribution is -0.0939. The zero-order valence-electron chi connectivity index (χ0n) is 11.5. The number of nitrogens with zero attached hydrogens (tertiary/aromatic N) is 1. The molecule has 0 atom stereocenters. The first-order valence-electron chi connectivity index (χ1n) is 6.43. The molecule has 0 aliphatic carbocycles. The van der Waals surface area contributed by atoms with Crippen LogP contribution in [0.1, 0.15) is 15.9 Å². The summed E-state index contributed by atoms with van der Waals surface area (Å²) in [6.45, 7) is 3.55. The van der Waals surface area contributed by atoms with Gasteiger partial charge in [-0.3, -0.25) is 9.36 Å². The number of aromatic nitrogens is 1. The third-order valence-electron chi connectivity index (χ3n) is 3.81. The lowest BCUT2D eigenvalue weighted by Gasteiger charge is -2.11. The van der Waals surface area contributed by atoms with Gasteiger partial charge in [0, 0.05) is 10.8 Å². The molecule has 2 aromatic carbocycles. The van der Waals surface area contributed by atoms with Crippen molar-refractivity contribution in [1.29, 1.82) is 0 Å². The molecule has 0 aliphatic rings. The second kappa shape index (κ2) is 4.35. The van der Waals surface area contributed by atoms with Crippen LogP contribution < -0.4 is 0 Å². The van der Waals surface area contributed by atoms with Crippen molar-refractivity contribution in [2.24, 2.45) is 0 Å². The van der Waals surface area contributed by atoms with Gasteiger partial charge in [-0.05, 0) is 31.0 Å². The number of alkyl halides is 3. The number of halogens is 3. The van der Waals surface area contributed by atoms with Gasteiger partial charge in [0.25, 0.3) is 0 Å². The molecule has 0 bridgehead atoms. The van der Waals surface area contributed by atoms with E-state index in [9.17, 15) is 18.0 Å². The second-order valence-corrected chi connectivity index (χ2v) is 5.06. The molecule has 1 heterocycles. The number of fused-ring (bicyclic) bond motifs is 3. The lowest BCUT2D eigenvalue weighted by Crippen LogP contribution is -2.29. The molecule has 0 unspecified atom stereocenters. The molecule has 0 saturated carbocycles. The molecule has 5 heteroatoms. The molecule has 0 saturated heterocycles. The summed E-state index contributed by atoms with van der Waals surface area (Å²) < 4.78 is 39.6. The Labute approximate surface area is 118 Å². The zero-order valence-corrected chi connectivity index (χ0v) is 11.5. The minimum atomic E-state index is -4.91. The van der Waals surface area contributed by atoms with E-state index in [-0.39, 0.29) is 5.52 Å². The predicted molar refractivity (Wildman–Crippen MR) is 75.6 cm³/mol. The zero-order chi connectivity index (χ0) is 15.4. The highest BCUT2D eigenvalue weighted by Crippen LogP contribution is 2.34. The number of carbonyl (C=O) groups excluding carboxylic acids is 1. The first-order chi connectivity index (χ1) is 9.82. The molecule has 0 aliphatic heterocycles. The summed E-state index contributed by atoms with van der Waals surface area (Å²) in [6.07, 6.45) is -4.91. The molecule has 1 aromatic heterocycles. The number of aryl methyl sites for hydroxylation is 2. The second-order valence-electron chi connectivity index (χ2n) is 5.06. The Balaban J connectivity index is 2.55. The minimum Gasteiger partial charge on any atom is -0.272 e. The lowest BCUT2D eigenvalue weighted by atomic mass is 10.1. The monoisotopic (exact) mass is 291 g/mol. The molecule has 3 rings (SSSR count). The van der Waals surface area contributed by atoms with E-state index in [1.165, 1.54) is 6.07 Å². The van der Waals surface area contributed by atoms with Gasteiger partial charge in [0.05, 0.1) is 11.0 Å². The van der Waals surface area contributed by atoms with E-state index in [0.717, 1.165) is 10.1 Å². The maximum Gasteiger partial charge on any atom is 0.472 e. The van der Waals surface area contributed by atoms with Gasteiger partial charge in [-0.25, -0.2) is 0 Å². The average Bonchev–Trinajstić information content (AvgIpc) is 2.76. The molecule has 0 radical (unpaired) electrons. The Bertz CT molecular complexity index is 874. The molecule has 21 heavy (non-hydrogen) atoms. The smallest absolute Gasteiger partial charge is 0.272 e. The fourth-order valence-corrected chi connectivity index (χ4v) is 2.66. The molecule has 108 valence electrons. The molecular formula is C16H12F3NO. The normalized spacial score (nSPS) is 12.2.